The lowest BCUT2D eigenvalue weighted by Crippen LogP contribution is -2.53. The van der Waals surface area contributed by atoms with Crippen molar-refractivity contribution in [3.05, 3.63) is 35.1 Å². The maximum atomic E-state index is 13.2. The molecule has 1 aliphatic heterocycles. The van der Waals surface area contributed by atoms with Crippen molar-refractivity contribution < 1.29 is 22.3 Å². The van der Waals surface area contributed by atoms with Crippen LogP contribution >= 0.6 is 0 Å². The molecular weight excluding hydrogens is 376 g/mol. The van der Waals surface area contributed by atoms with E-state index in [9.17, 15) is 17.6 Å². The Balaban J connectivity index is 2.04. The summed E-state index contributed by atoms with van der Waals surface area (Å²) < 4.78 is 58.1. The maximum absolute atomic E-state index is 13.2. The van der Waals surface area contributed by atoms with E-state index in [0.29, 0.717) is 44.4 Å². The van der Waals surface area contributed by atoms with Crippen molar-refractivity contribution in [3.8, 4) is 0 Å². The number of ether oxygens (including phenoxy) is 1. The summed E-state index contributed by atoms with van der Waals surface area (Å²) in [6.07, 6.45) is -4.63. The number of rotatable bonds is 6. The van der Waals surface area contributed by atoms with Gasteiger partial charge in [0.25, 0.3) is 0 Å². The van der Waals surface area contributed by atoms with E-state index in [1.54, 1.807) is 0 Å². The molecule has 0 spiro atoms. The van der Waals surface area contributed by atoms with Gasteiger partial charge in [-0.3, -0.25) is 4.90 Å². The number of halogens is 4. The molecule has 2 atom stereocenters. The molecule has 1 fully saturated rings. The molecule has 2 unspecified atom stereocenters. The van der Waals surface area contributed by atoms with Gasteiger partial charge in [0, 0.05) is 31.7 Å². The molecule has 2 rings (SSSR count). The van der Waals surface area contributed by atoms with E-state index in [2.05, 4.69) is 34.4 Å². The van der Waals surface area contributed by atoms with Crippen molar-refractivity contribution in [3.63, 3.8) is 0 Å². The van der Waals surface area contributed by atoms with Crippen molar-refractivity contribution in [1.29, 1.82) is 0 Å². The highest BCUT2D eigenvalue weighted by Gasteiger charge is 2.33. The fourth-order valence-corrected chi connectivity index (χ4v) is 3.21. The van der Waals surface area contributed by atoms with E-state index < -0.39 is 17.6 Å². The number of morpholine rings is 1. The molecule has 0 radical (unpaired) electrons. The Morgan fingerprint density at radius 1 is 1.36 bits per heavy atom. The molecule has 5 nitrogen and oxygen atoms in total. The summed E-state index contributed by atoms with van der Waals surface area (Å²) in [6, 6.07) is 3.16. The van der Waals surface area contributed by atoms with E-state index in [4.69, 9.17) is 4.74 Å². The zero-order valence-electron chi connectivity index (χ0n) is 16.4. The summed E-state index contributed by atoms with van der Waals surface area (Å²) in [5.41, 5.74) is -1.07. The average molecular weight is 404 g/mol. The van der Waals surface area contributed by atoms with Crippen LogP contribution in [0.2, 0.25) is 0 Å². The molecule has 158 valence electrons. The first kappa shape index (κ1) is 22.4. The van der Waals surface area contributed by atoms with E-state index in [-0.39, 0.29) is 18.2 Å². The van der Waals surface area contributed by atoms with Gasteiger partial charge in [-0.05, 0) is 38.5 Å². The maximum Gasteiger partial charge on any atom is 0.416 e. The first-order valence-electron chi connectivity index (χ1n) is 9.43. The summed E-state index contributed by atoms with van der Waals surface area (Å²) in [4.78, 5) is 6.57. The van der Waals surface area contributed by atoms with Gasteiger partial charge < -0.3 is 15.4 Å². The Hall–Kier alpha value is -1.87. The van der Waals surface area contributed by atoms with Crippen molar-refractivity contribution in [2.45, 2.75) is 45.6 Å². The minimum Gasteiger partial charge on any atom is -0.379 e. The monoisotopic (exact) mass is 404 g/mol. The van der Waals surface area contributed by atoms with Gasteiger partial charge in [0.15, 0.2) is 5.96 Å². The first-order valence-corrected chi connectivity index (χ1v) is 9.43. The number of guanidine groups is 1. The molecule has 1 saturated heterocycles. The number of hydrogen-bond acceptors (Lipinski definition) is 3. The summed E-state index contributed by atoms with van der Waals surface area (Å²) >= 11 is 0. The normalized spacial score (nSPS) is 20.1. The van der Waals surface area contributed by atoms with Crippen LogP contribution in [0.25, 0.3) is 0 Å². The molecular formula is C19H28F4N4O. The molecule has 28 heavy (non-hydrogen) atoms. The highest BCUT2D eigenvalue weighted by atomic mass is 19.4. The molecule has 0 aromatic heterocycles. The van der Waals surface area contributed by atoms with Gasteiger partial charge in [-0.25, -0.2) is 9.38 Å². The minimum absolute atomic E-state index is 0.0686. The topological polar surface area (TPSA) is 48.9 Å². The molecule has 0 amide bonds. The van der Waals surface area contributed by atoms with Crippen LogP contribution in [0.5, 0.6) is 0 Å². The van der Waals surface area contributed by atoms with E-state index in [1.807, 2.05) is 6.92 Å². The standard InChI is InChI=1S/C19H28F4N4O/c1-4-24-18(25-10-13(2)27-7-8-28-12-14(27)3)26-11-15-5-6-16(20)9-17(15)19(21,22)23/h5-6,9,13-14H,4,7-8,10-12H2,1-3H3,(H2,24,25,26). The fourth-order valence-electron chi connectivity index (χ4n) is 3.21. The van der Waals surface area contributed by atoms with Crippen LogP contribution in [0.3, 0.4) is 0 Å². The van der Waals surface area contributed by atoms with Crippen LogP contribution in [-0.4, -0.2) is 55.8 Å². The van der Waals surface area contributed by atoms with Crippen molar-refractivity contribution >= 4 is 5.96 Å². The Labute approximate surface area is 163 Å². The highest BCUT2D eigenvalue weighted by Crippen LogP contribution is 2.32. The molecule has 0 bridgehead atoms. The number of aliphatic imine (C=N–C) groups is 1. The SMILES string of the molecule is CCNC(=NCc1ccc(F)cc1C(F)(F)F)NCC(C)N1CCOCC1C. The van der Waals surface area contributed by atoms with Gasteiger partial charge >= 0.3 is 6.18 Å². The van der Waals surface area contributed by atoms with Crippen molar-refractivity contribution in [1.82, 2.24) is 15.5 Å². The van der Waals surface area contributed by atoms with Crippen LogP contribution in [0.4, 0.5) is 17.6 Å². The Morgan fingerprint density at radius 3 is 2.75 bits per heavy atom. The molecule has 1 aliphatic rings. The highest BCUT2D eigenvalue weighted by molar-refractivity contribution is 5.79. The van der Waals surface area contributed by atoms with Gasteiger partial charge in [-0.1, -0.05) is 6.07 Å². The minimum atomic E-state index is -4.63. The van der Waals surface area contributed by atoms with Gasteiger partial charge in [-0.2, -0.15) is 13.2 Å². The lowest BCUT2D eigenvalue weighted by molar-refractivity contribution is -0.138. The van der Waals surface area contributed by atoms with Crippen LogP contribution < -0.4 is 10.6 Å². The number of benzene rings is 1. The summed E-state index contributed by atoms with van der Waals surface area (Å²) in [6.45, 7) is 9.23. The molecule has 2 N–H and O–H groups in total. The lowest BCUT2D eigenvalue weighted by Gasteiger charge is -2.38. The Bertz CT molecular complexity index is 666. The van der Waals surface area contributed by atoms with Crippen LogP contribution in [0, 0.1) is 5.82 Å². The van der Waals surface area contributed by atoms with Gasteiger partial charge in [0.2, 0.25) is 0 Å². The Morgan fingerprint density at radius 2 is 2.11 bits per heavy atom. The fraction of sp³-hybridized carbons (Fsp3) is 0.632. The molecule has 1 heterocycles. The smallest absolute Gasteiger partial charge is 0.379 e. The predicted molar refractivity (Wildman–Crippen MR) is 101 cm³/mol. The average Bonchev–Trinajstić information content (AvgIpc) is 2.64. The number of nitrogens with zero attached hydrogens (tertiary/aromatic N) is 2. The zero-order chi connectivity index (χ0) is 20.7. The first-order chi connectivity index (χ1) is 13.2. The van der Waals surface area contributed by atoms with Crippen LogP contribution in [0.1, 0.15) is 31.9 Å². The summed E-state index contributed by atoms with van der Waals surface area (Å²) in [7, 11) is 0. The second-order valence-electron chi connectivity index (χ2n) is 6.89. The van der Waals surface area contributed by atoms with E-state index >= 15 is 0 Å². The van der Waals surface area contributed by atoms with Crippen molar-refractivity contribution in [2.75, 3.05) is 32.8 Å². The molecule has 1 aromatic rings. The number of hydrogen-bond donors (Lipinski definition) is 2. The third-order valence-electron chi connectivity index (χ3n) is 4.68. The summed E-state index contributed by atoms with van der Waals surface area (Å²) in [5, 5.41) is 6.21. The zero-order valence-corrected chi connectivity index (χ0v) is 16.4. The van der Waals surface area contributed by atoms with E-state index in [0.717, 1.165) is 18.7 Å². The van der Waals surface area contributed by atoms with E-state index in [1.165, 1.54) is 0 Å². The molecule has 9 heteroatoms. The van der Waals surface area contributed by atoms with Gasteiger partial charge in [0.05, 0.1) is 25.3 Å². The molecule has 1 aromatic carbocycles. The molecule has 0 saturated carbocycles. The van der Waals surface area contributed by atoms with Crippen LogP contribution in [0.15, 0.2) is 23.2 Å². The quantitative estimate of drug-likeness (QED) is 0.435. The van der Waals surface area contributed by atoms with Crippen LogP contribution in [-0.2, 0) is 17.5 Å². The Kier molecular flexibility index (Phi) is 8.06. The number of nitrogens with one attached hydrogen (secondary N) is 2. The summed E-state index contributed by atoms with van der Waals surface area (Å²) in [5.74, 6) is -0.494. The second-order valence-corrected chi connectivity index (χ2v) is 6.89. The lowest BCUT2D eigenvalue weighted by atomic mass is 10.1. The van der Waals surface area contributed by atoms with Crippen molar-refractivity contribution in [2.24, 2.45) is 4.99 Å². The third-order valence-corrected chi connectivity index (χ3v) is 4.68. The predicted octanol–water partition coefficient (Wildman–Crippen LogP) is 3.01. The number of alkyl halides is 3. The van der Waals surface area contributed by atoms with Gasteiger partial charge in [-0.15, -0.1) is 0 Å². The van der Waals surface area contributed by atoms with Gasteiger partial charge in [0.1, 0.15) is 5.82 Å². The second kappa shape index (κ2) is 10.1. The molecule has 0 aliphatic carbocycles. The third kappa shape index (κ3) is 6.34. The largest absolute Gasteiger partial charge is 0.416 e.